The highest BCUT2D eigenvalue weighted by atomic mass is 15.2. The molecule has 2 aliphatic carbocycles. The summed E-state index contributed by atoms with van der Waals surface area (Å²) < 4.78 is 0. The van der Waals surface area contributed by atoms with Gasteiger partial charge in [0.2, 0.25) is 0 Å². The van der Waals surface area contributed by atoms with Gasteiger partial charge in [-0.3, -0.25) is 4.98 Å². The Morgan fingerprint density at radius 1 is 0.543 bits per heavy atom. The molecule has 0 spiro atoms. The van der Waals surface area contributed by atoms with E-state index < -0.39 is 0 Å². The lowest BCUT2D eigenvalue weighted by molar-refractivity contribution is 0.956. The normalized spacial score (nSPS) is 14.9. The highest BCUT2D eigenvalue weighted by molar-refractivity contribution is 5.96. The molecule has 3 heterocycles. The van der Waals surface area contributed by atoms with Crippen LogP contribution >= 0.6 is 0 Å². The number of benzene rings is 4. The number of fused-ring (bicyclic) bond motifs is 12. The van der Waals surface area contributed by atoms with Crippen molar-refractivity contribution >= 4 is 17.1 Å². The molecular weight excluding hydrogens is 424 g/mol. The van der Waals surface area contributed by atoms with Crippen LogP contribution in [0.4, 0.5) is 17.1 Å². The molecule has 0 N–H and O–H groups in total. The van der Waals surface area contributed by atoms with E-state index in [4.69, 9.17) is 4.98 Å². The third-order valence-corrected chi connectivity index (χ3v) is 8.60. The van der Waals surface area contributed by atoms with Gasteiger partial charge in [0.15, 0.2) is 0 Å². The molecule has 0 unspecified atom stereocenters. The van der Waals surface area contributed by atoms with E-state index in [9.17, 15) is 0 Å². The molecule has 0 saturated heterocycles. The molecule has 2 aliphatic heterocycles. The molecule has 0 radical (unpaired) electrons. The van der Waals surface area contributed by atoms with Crippen LogP contribution in [-0.2, 0) is 25.7 Å². The quantitative estimate of drug-likeness (QED) is 0.240. The maximum atomic E-state index is 4.86. The van der Waals surface area contributed by atoms with Crippen LogP contribution in [0.1, 0.15) is 44.6 Å². The fourth-order valence-electron chi connectivity index (χ4n) is 7.18. The van der Waals surface area contributed by atoms with Gasteiger partial charge in [-0.05, 0) is 98.3 Å². The number of hydrogen-bond acceptors (Lipinski definition) is 2. The second kappa shape index (κ2) is 6.28. The Hall–Kier alpha value is -4.17. The molecule has 2 heteroatoms. The Labute approximate surface area is 204 Å². The lowest BCUT2D eigenvalue weighted by Gasteiger charge is -2.40. The topological polar surface area (TPSA) is 16.1 Å². The third-order valence-electron chi connectivity index (χ3n) is 8.60. The average Bonchev–Trinajstić information content (AvgIpc) is 3.47. The average molecular weight is 447 g/mol. The van der Waals surface area contributed by atoms with E-state index in [0.717, 1.165) is 25.7 Å². The first kappa shape index (κ1) is 18.2. The Bertz CT molecular complexity index is 1750. The van der Waals surface area contributed by atoms with Crippen LogP contribution in [0.15, 0.2) is 85.1 Å². The van der Waals surface area contributed by atoms with Crippen molar-refractivity contribution in [3.8, 4) is 22.3 Å². The molecule has 0 bridgehead atoms. The summed E-state index contributed by atoms with van der Waals surface area (Å²) in [6, 6.07) is 29.4. The van der Waals surface area contributed by atoms with Crippen molar-refractivity contribution in [2.75, 3.05) is 4.90 Å². The Balaban J connectivity index is 1.33. The molecule has 4 aliphatic rings. The van der Waals surface area contributed by atoms with E-state index in [1.807, 2.05) is 6.20 Å². The summed E-state index contributed by atoms with van der Waals surface area (Å²) in [5.74, 6) is 0. The van der Waals surface area contributed by atoms with Gasteiger partial charge in [-0.25, -0.2) is 0 Å². The summed E-state index contributed by atoms with van der Waals surface area (Å²) in [6.45, 7) is 0. The Morgan fingerprint density at radius 3 is 2.34 bits per heavy atom. The summed E-state index contributed by atoms with van der Waals surface area (Å²) >= 11 is 0. The van der Waals surface area contributed by atoms with E-state index in [1.54, 1.807) is 0 Å². The highest BCUT2D eigenvalue weighted by Crippen LogP contribution is 2.56. The molecule has 0 atom stereocenters. The molecule has 164 valence electrons. The first-order chi connectivity index (χ1) is 17.3. The number of pyridine rings is 1. The second-order valence-electron chi connectivity index (χ2n) is 10.3. The first-order valence-electron chi connectivity index (χ1n) is 12.6. The molecular formula is C33H22N2. The highest BCUT2D eigenvalue weighted by Gasteiger charge is 2.37. The first-order valence-corrected chi connectivity index (χ1v) is 12.6. The summed E-state index contributed by atoms with van der Waals surface area (Å²) in [6.07, 6.45) is 5.91. The molecule has 0 fully saturated rings. The van der Waals surface area contributed by atoms with Gasteiger partial charge in [-0.15, -0.1) is 0 Å². The number of aromatic nitrogens is 1. The van der Waals surface area contributed by atoms with Gasteiger partial charge in [0.25, 0.3) is 0 Å². The van der Waals surface area contributed by atoms with Gasteiger partial charge in [0.05, 0.1) is 17.1 Å². The minimum atomic E-state index is 0.913. The number of anilines is 3. The van der Waals surface area contributed by atoms with Crippen molar-refractivity contribution in [2.24, 2.45) is 0 Å². The maximum Gasteiger partial charge on any atom is 0.0688 e. The van der Waals surface area contributed by atoms with Gasteiger partial charge >= 0.3 is 0 Å². The van der Waals surface area contributed by atoms with Crippen LogP contribution in [0.2, 0.25) is 0 Å². The number of hydrogen-bond donors (Lipinski definition) is 0. The van der Waals surface area contributed by atoms with Gasteiger partial charge in [0, 0.05) is 24.7 Å². The van der Waals surface area contributed by atoms with Crippen LogP contribution in [0.3, 0.4) is 0 Å². The number of rotatable bonds is 0. The molecule has 5 aromatic rings. The van der Waals surface area contributed by atoms with Crippen molar-refractivity contribution in [2.45, 2.75) is 25.7 Å². The van der Waals surface area contributed by atoms with E-state index in [1.165, 1.54) is 84.0 Å². The minimum absolute atomic E-state index is 0.913. The summed E-state index contributed by atoms with van der Waals surface area (Å²) in [5.41, 5.74) is 21.3. The predicted molar refractivity (Wildman–Crippen MR) is 141 cm³/mol. The molecule has 4 aromatic carbocycles. The lowest BCUT2D eigenvalue weighted by atomic mass is 9.83. The van der Waals surface area contributed by atoms with Crippen LogP contribution in [-0.4, -0.2) is 4.98 Å². The van der Waals surface area contributed by atoms with E-state index in [0.29, 0.717) is 0 Å². The van der Waals surface area contributed by atoms with Gasteiger partial charge in [-0.1, -0.05) is 54.6 Å². The van der Waals surface area contributed by atoms with Crippen molar-refractivity contribution in [3.05, 3.63) is 130 Å². The Kier molecular flexibility index (Phi) is 3.27. The fourth-order valence-corrected chi connectivity index (χ4v) is 7.18. The number of nitrogens with zero attached hydrogens (tertiary/aromatic N) is 2. The Morgan fingerprint density at radius 2 is 1.37 bits per heavy atom. The van der Waals surface area contributed by atoms with Crippen LogP contribution in [0, 0.1) is 0 Å². The second-order valence-corrected chi connectivity index (χ2v) is 10.3. The lowest BCUT2D eigenvalue weighted by Crippen LogP contribution is -2.26. The molecule has 2 nitrogen and oxygen atoms in total. The van der Waals surface area contributed by atoms with Gasteiger partial charge in [-0.2, -0.15) is 0 Å². The van der Waals surface area contributed by atoms with Crippen LogP contribution in [0.25, 0.3) is 22.3 Å². The zero-order chi connectivity index (χ0) is 22.7. The molecule has 0 amide bonds. The van der Waals surface area contributed by atoms with Crippen molar-refractivity contribution in [3.63, 3.8) is 0 Å². The zero-order valence-corrected chi connectivity index (χ0v) is 19.3. The monoisotopic (exact) mass is 446 g/mol. The SMILES string of the molecule is c1ccc2c(c1)Cc1c-2ccc2c1-c1cc3c4c(c1C2)Cc1ncccc1N4c1ccccc1C3. The van der Waals surface area contributed by atoms with Gasteiger partial charge < -0.3 is 4.90 Å². The van der Waals surface area contributed by atoms with Gasteiger partial charge in [0.1, 0.15) is 0 Å². The largest absolute Gasteiger partial charge is 0.308 e. The molecule has 0 saturated carbocycles. The zero-order valence-electron chi connectivity index (χ0n) is 19.3. The summed E-state index contributed by atoms with van der Waals surface area (Å²) in [7, 11) is 0. The van der Waals surface area contributed by atoms with Crippen LogP contribution < -0.4 is 4.90 Å². The standard InChI is InChI=1S/C33H22N2/c1-3-8-23-19(6-1)15-26-24(23)12-11-21-16-25-27(32(21)26)17-22-14-20-7-2-4-9-30(20)35-31-10-5-13-34-29(31)18-28(25)33(22)35/h1-13,17H,14-16,18H2. The van der Waals surface area contributed by atoms with Crippen molar-refractivity contribution < 1.29 is 0 Å². The summed E-state index contributed by atoms with van der Waals surface area (Å²) in [5, 5.41) is 0. The fraction of sp³-hybridized carbons (Fsp3) is 0.121. The molecule has 1 aromatic heterocycles. The maximum absolute atomic E-state index is 4.86. The van der Waals surface area contributed by atoms with Crippen molar-refractivity contribution in [1.82, 2.24) is 4.98 Å². The van der Waals surface area contributed by atoms with E-state index in [2.05, 4.69) is 83.8 Å². The molecule has 9 rings (SSSR count). The smallest absolute Gasteiger partial charge is 0.0688 e. The number of para-hydroxylation sites is 1. The third kappa shape index (κ3) is 2.23. The van der Waals surface area contributed by atoms with E-state index >= 15 is 0 Å². The minimum Gasteiger partial charge on any atom is -0.308 e. The summed E-state index contributed by atoms with van der Waals surface area (Å²) in [4.78, 5) is 7.36. The molecule has 35 heavy (non-hydrogen) atoms. The van der Waals surface area contributed by atoms with Crippen molar-refractivity contribution in [1.29, 1.82) is 0 Å². The van der Waals surface area contributed by atoms with Crippen LogP contribution in [0.5, 0.6) is 0 Å². The van der Waals surface area contributed by atoms with E-state index in [-0.39, 0.29) is 0 Å². The predicted octanol–water partition coefficient (Wildman–Crippen LogP) is 7.50.